The molecule has 2 aromatic carbocycles. The molecule has 108 valence electrons. The molecule has 0 fully saturated rings. The lowest BCUT2D eigenvalue weighted by Crippen LogP contribution is -2.23. The topological polar surface area (TPSA) is 41.5 Å². The molecule has 3 nitrogen and oxygen atoms in total. The van der Waals surface area contributed by atoms with Gasteiger partial charge < -0.3 is 15.2 Å². The molecule has 0 saturated heterocycles. The molecule has 0 radical (unpaired) electrons. The predicted octanol–water partition coefficient (Wildman–Crippen LogP) is 3.10. The molecule has 0 aliphatic heterocycles. The molecule has 21 heavy (non-hydrogen) atoms. The third-order valence-electron chi connectivity index (χ3n) is 3.30. The first-order valence-electron chi connectivity index (χ1n) is 6.85. The van der Waals surface area contributed by atoms with Gasteiger partial charge in [0.15, 0.2) is 0 Å². The number of terminal acetylenes is 1. The van der Waals surface area contributed by atoms with Crippen LogP contribution in [0.3, 0.4) is 0 Å². The monoisotopic (exact) mass is 281 g/mol. The lowest BCUT2D eigenvalue weighted by atomic mass is 9.97. The van der Waals surface area contributed by atoms with Crippen molar-refractivity contribution >= 4 is 0 Å². The van der Waals surface area contributed by atoms with Crippen molar-refractivity contribution in [3.63, 3.8) is 0 Å². The van der Waals surface area contributed by atoms with Crippen LogP contribution >= 0.6 is 0 Å². The van der Waals surface area contributed by atoms with Crippen molar-refractivity contribution in [1.82, 2.24) is 5.32 Å². The Hall–Kier alpha value is -2.44. The highest BCUT2D eigenvalue weighted by Crippen LogP contribution is 2.32. The van der Waals surface area contributed by atoms with Gasteiger partial charge in [-0.05, 0) is 17.7 Å². The zero-order valence-corrected chi connectivity index (χ0v) is 12.0. The highest BCUT2D eigenvalue weighted by atomic mass is 16.5. The first kappa shape index (κ1) is 15.0. The van der Waals surface area contributed by atoms with E-state index in [1.165, 1.54) is 0 Å². The number of nitrogens with one attached hydrogen (secondary N) is 1. The second-order valence-corrected chi connectivity index (χ2v) is 4.68. The Kier molecular flexibility index (Phi) is 5.25. The first-order chi connectivity index (χ1) is 10.3. The standard InChI is InChI=1S/C18H19NO2/c1-3-4-12-19-18(14-8-6-5-7-9-14)16-11-10-15(21-2)13-17(16)20/h1,5-11,13,18-20H,4,12H2,2H3. The van der Waals surface area contributed by atoms with E-state index in [9.17, 15) is 5.11 Å². The Bertz CT molecular complexity index is 617. The third-order valence-corrected chi connectivity index (χ3v) is 3.30. The fourth-order valence-corrected chi connectivity index (χ4v) is 2.24. The molecule has 0 aliphatic rings. The molecule has 1 unspecified atom stereocenters. The minimum Gasteiger partial charge on any atom is -0.507 e. The van der Waals surface area contributed by atoms with Gasteiger partial charge in [0.25, 0.3) is 0 Å². The molecule has 2 rings (SSSR count). The number of benzene rings is 2. The number of aromatic hydroxyl groups is 1. The van der Waals surface area contributed by atoms with E-state index >= 15 is 0 Å². The number of hydrogen-bond acceptors (Lipinski definition) is 3. The molecule has 0 bridgehead atoms. The average molecular weight is 281 g/mol. The van der Waals surface area contributed by atoms with E-state index in [2.05, 4.69) is 11.2 Å². The summed E-state index contributed by atoms with van der Waals surface area (Å²) in [5, 5.41) is 13.6. The summed E-state index contributed by atoms with van der Waals surface area (Å²) in [6.07, 6.45) is 5.94. The van der Waals surface area contributed by atoms with Crippen LogP contribution in [0, 0.1) is 12.3 Å². The molecule has 2 aromatic rings. The zero-order valence-electron chi connectivity index (χ0n) is 12.0. The molecule has 3 heteroatoms. The van der Waals surface area contributed by atoms with E-state index in [1.807, 2.05) is 42.5 Å². The molecule has 0 saturated carbocycles. The van der Waals surface area contributed by atoms with Crippen molar-refractivity contribution in [2.24, 2.45) is 0 Å². The van der Waals surface area contributed by atoms with Crippen molar-refractivity contribution < 1.29 is 9.84 Å². The quantitative estimate of drug-likeness (QED) is 0.631. The lowest BCUT2D eigenvalue weighted by Gasteiger charge is -2.20. The van der Waals surface area contributed by atoms with E-state index in [0.29, 0.717) is 18.7 Å². The fourth-order valence-electron chi connectivity index (χ4n) is 2.24. The summed E-state index contributed by atoms with van der Waals surface area (Å²) in [7, 11) is 1.58. The molecule has 0 amide bonds. The van der Waals surface area contributed by atoms with Crippen molar-refractivity contribution in [3.05, 3.63) is 59.7 Å². The number of methoxy groups -OCH3 is 1. The first-order valence-corrected chi connectivity index (χ1v) is 6.85. The van der Waals surface area contributed by atoms with Crippen LogP contribution in [0.1, 0.15) is 23.6 Å². The molecule has 0 aliphatic carbocycles. The third kappa shape index (κ3) is 3.77. The number of ether oxygens (including phenoxy) is 1. The summed E-state index contributed by atoms with van der Waals surface area (Å²) in [5.74, 6) is 3.45. The van der Waals surface area contributed by atoms with E-state index in [4.69, 9.17) is 11.2 Å². The van der Waals surface area contributed by atoms with Crippen molar-refractivity contribution in [2.75, 3.05) is 13.7 Å². The minimum absolute atomic E-state index is 0.106. The van der Waals surface area contributed by atoms with Crippen LogP contribution in [-0.4, -0.2) is 18.8 Å². The van der Waals surface area contributed by atoms with E-state index < -0.39 is 0 Å². The number of hydrogen-bond donors (Lipinski definition) is 2. The van der Waals surface area contributed by atoms with Crippen LogP contribution in [0.4, 0.5) is 0 Å². The molecular weight excluding hydrogens is 262 g/mol. The van der Waals surface area contributed by atoms with Crippen molar-refractivity contribution in [3.8, 4) is 23.8 Å². The van der Waals surface area contributed by atoms with Gasteiger partial charge in [-0.15, -0.1) is 12.3 Å². The van der Waals surface area contributed by atoms with E-state index in [0.717, 1.165) is 11.1 Å². The minimum atomic E-state index is -0.106. The lowest BCUT2D eigenvalue weighted by molar-refractivity contribution is 0.405. The van der Waals surface area contributed by atoms with Gasteiger partial charge in [-0.3, -0.25) is 0 Å². The second-order valence-electron chi connectivity index (χ2n) is 4.68. The Morgan fingerprint density at radius 1 is 1.24 bits per heavy atom. The summed E-state index contributed by atoms with van der Waals surface area (Å²) in [6, 6.07) is 15.2. The van der Waals surface area contributed by atoms with Gasteiger partial charge in [-0.25, -0.2) is 0 Å². The van der Waals surface area contributed by atoms with Crippen LogP contribution in [0.25, 0.3) is 0 Å². The second kappa shape index (κ2) is 7.37. The SMILES string of the molecule is C#CCCNC(c1ccccc1)c1ccc(OC)cc1O. The van der Waals surface area contributed by atoms with Gasteiger partial charge in [0, 0.05) is 24.6 Å². The van der Waals surface area contributed by atoms with Crippen molar-refractivity contribution in [1.29, 1.82) is 0 Å². The summed E-state index contributed by atoms with van der Waals surface area (Å²) in [4.78, 5) is 0. The van der Waals surface area contributed by atoms with Gasteiger partial charge in [0.2, 0.25) is 0 Å². The Morgan fingerprint density at radius 2 is 2.00 bits per heavy atom. The Balaban J connectivity index is 2.33. The highest BCUT2D eigenvalue weighted by molar-refractivity contribution is 5.45. The maximum atomic E-state index is 10.3. The smallest absolute Gasteiger partial charge is 0.124 e. The average Bonchev–Trinajstić information content (AvgIpc) is 2.53. The molecule has 2 N–H and O–H groups in total. The van der Waals surface area contributed by atoms with Crippen LogP contribution in [0.2, 0.25) is 0 Å². The highest BCUT2D eigenvalue weighted by Gasteiger charge is 2.17. The molecule has 0 spiro atoms. The summed E-state index contributed by atoms with van der Waals surface area (Å²) < 4.78 is 5.13. The maximum Gasteiger partial charge on any atom is 0.124 e. The maximum absolute atomic E-state index is 10.3. The van der Waals surface area contributed by atoms with Gasteiger partial charge in [0.05, 0.1) is 13.2 Å². The summed E-state index contributed by atoms with van der Waals surface area (Å²) in [5.41, 5.74) is 1.88. The predicted molar refractivity (Wildman–Crippen MR) is 84.4 cm³/mol. The molecular formula is C18H19NO2. The number of phenolic OH excluding ortho intramolecular Hbond substituents is 1. The van der Waals surface area contributed by atoms with Gasteiger partial charge in [-0.2, -0.15) is 0 Å². The van der Waals surface area contributed by atoms with Crippen LogP contribution < -0.4 is 10.1 Å². The summed E-state index contributed by atoms with van der Waals surface area (Å²) >= 11 is 0. The molecule has 1 atom stereocenters. The van der Waals surface area contributed by atoms with Gasteiger partial charge in [0.1, 0.15) is 11.5 Å². The van der Waals surface area contributed by atoms with E-state index in [1.54, 1.807) is 13.2 Å². The zero-order chi connectivity index (χ0) is 15.1. The van der Waals surface area contributed by atoms with Crippen LogP contribution in [0.5, 0.6) is 11.5 Å². The van der Waals surface area contributed by atoms with Crippen molar-refractivity contribution in [2.45, 2.75) is 12.5 Å². The van der Waals surface area contributed by atoms with Crippen LogP contribution in [0.15, 0.2) is 48.5 Å². The Morgan fingerprint density at radius 3 is 2.62 bits per heavy atom. The fraction of sp³-hybridized carbons (Fsp3) is 0.222. The number of phenols is 1. The Labute approximate surface area is 125 Å². The van der Waals surface area contributed by atoms with Gasteiger partial charge >= 0.3 is 0 Å². The van der Waals surface area contributed by atoms with Crippen LogP contribution in [-0.2, 0) is 0 Å². The molecule has 0 aromatic heterocycles. The van der Waals surface area contributed by atoms with Gasteiger partial charge in [-0.1, -0.05) is 30.3 Å². The summed E-state index contributed by atoms with van der Waals surface area (Å²) in [6.45, 7) is 0.682. The molecule has 0 heterocycles. The number of rotatable bonds is 6. The van der Waals surface area contributed by atoms with E-state index in [-0.39, 0.29) is 11.8 Å². The largest absolute Gasteiger partial charge is 0.507 e. The normalized spacial score (nSPS) is 11.6.